The molecule has 0 saturated heterocycles. The first kappa shape index (κ1) is 14.0. The van der Waals surface area contributed by atoms with Gasteiger partial charge in [0, 0.05) is 37.7 Å². The Labute approximate surface area is 118 Å². The monoisotopic (exact) mass is 276 g/mol. The minimum Gasteiger partial charge on any atom is -0.377 e. The standard InChI is InChI=1S/C14H20N4S/c1-11(2)18(9-12-7-5-4-6-8-12)10-13-14(15-3)19-17-16-13/h4-8,11,15H,9-10H2,1-3H3. The van der Waals surface area contributed by atoms with E-state index >= 15 is 0 Å². The molecule has 0 bridgehead atoms. The fourth-order valence-corrected chi connectivity index (χ4v) is 2.46. The Kier molecular flexibility index (Phi) is 4.87. The average Bonchev–Trinajstić information content (AvgIpc) is 2.86. The molecule has 4 nitrogen and oxygen atoms in total. The highest BCUT2D eigenvalue weighted by atomic mass is 32.1. The third-order valence-electron chi connectivity index (χ3n) is 3.09. The number of nitrogens with zero attached hydrogens (tertiary/aromatic N) is 3. The van der Waals surface area contributed by atoms with Crippen LogP contribution in [-0.2, 0) is 13.1 Å². The highest BCUT2D eigenvalue weighted by molar-refractivity contribution is 7.10. The molecule has 0 aliphatic heterocycles. The third kappa shape index (κ3) is 3.75. The highest BCUT2D eigenvalue weighted by Crippen LogP contribution is 2.20. The van der Waals surface area contributed by atoms with E-state index in [1.165, 1.54) is 17.1 Å². The Hall–Kier alpha value is -1.46. The normalized spacial score (nSPS) is 11.2. The van der Waals surface area contributed by atoms with Gasteiger partial charge in [-0.3, -0.25) is 4.90 Å². The van der Waals surface area contributed by atoms with Gasteiger partial charge in [-0.25, -0.2) is 0 Å². The van der Waals surface area contributed by atoms with Crippen LogP contribution in [0, 0.1) is 0 Å². The van der Waals surface area contributed by atoms with Crippen LogP contribution in [-0.4, -0.2) is 27.6 Å². The summed E-state index contributed by atoms with van der Waals surface area (Å²) >= 11 is 1.41. The van der Waals surface area contributed by atoms with Crippen molar-refractivity contribution < 1.29 is 0 Å². The van der Waals surface area contributed by atoms with Gasteiger partial charge < -0.3 is 5.32 Å². The summed E-state index contributed by atoms with van der Waals surface area (Å²) in [5, 5.41) is 8.42. The number of nitrogens with one attached hydrogen (secondary N) is 1. The quantitative estimate of drug-likeness (QED) is 0.880. The van der Waals surface area contributed by atoms with Crippen molar-refractivity contribution in [2.75, 3.05) is 12.4 Å². The van der Waals surface area contributed by atoms with Crippen molar-refractivity contribution in [3.05, 3.63) is 41.6 Å². The van der Waals surface area contributed by atoms with Crippen molar-refractivity contribution in [3.8, 4) is 0 Å². The molecule has 2 rings (SSSR count). The molecule has 102 valence electrons. The summed E-state index contributed by atoms with van der Waals surface area (Å²) in [5.41, 5.74) is 2.35. The average molecular weight is 276 g/mol. The lowest BCUT2D eigenvalue weighted by molar-refractivity contribution is 0.201. The molecule has 2 aromatic rings. The van der Waals surface area contributed by atoms with Gasteiger partial charge in [0.25, 0.3) is 0 Å². The summed E-state index contributed by atoms with van der Waals surface area (Å²) in [6.45, 7) is 6.17. The van der Waals surface area contributed by atoms with Crippen molar-refractivity contribution in [1.82, 2.24) is 14.5 Å². The smallest absolute Gasteiger partial charge is 0.134 e. The number of hydrogen-bond acceptors (Lipinski definition) is 5. The van der Waals surface area contributed by atoms with E-state index in [4.69, 9.17) is 0 Å². The van der Waals surface area contributed by atoms with Crippen LogP contribution in [0.2, 0.25) is 0 Å². The van der Waals surface area contributed by atoms with Crippen molar-refractivity contribution in [2.45, 2.75) is 33.0 Å². The van der Waals surface area contributed by atoms with Gasteiger partial charge in [0.1, 0.15) is 10.7 Å². The second kappa shape index (κ2) is 6.63. The van der Waals surface area contributed by atoms with Gasteiger partial charge in [0.05, 0.1) is 0 Å². The van der Waals surface area contributed by atoms with Crippen LogP contribution in [0.15, 0.2) is 30.3 Å². The molecule has 0 saturated carbocycles. The second-order valence-corrected chi connectivity index (χ2v) is 5.54. The minimum atomic E-state index is 0.464. The molecule has 1 N–H and O–H groups in total. The maximum absolute atomic E-state index is 4.22. The number of rotatable bonds is 6. The van der Waals surface area contributed by atoms with Gasteiger partial charge >= 0.3 is 0 Å². The molecule has 0 fully saturated rings. The zero-order chi connectivity index (χ0) is 13.7. The Morgan fingerprint density at radius 3 is 2.58 bits per heavy atom. The topological polar surface area (TPSA) is 41.1 Å². The highest BCUT2D eigenvalue weighted by Gasteiger charge is 2.15. The van der Waals surface area contributed by atoms with Crippen LogP contribution in [0.3, 0.4) is 0 Å². The Morgan fingerprint density at radius 1 is 1.21 bits per heavy atom. The Balaban J connectivity index is 2.09. The summed E-state index contributed by atoms with van der Waals surface area (Å²) in [6.07, 6.45) is 0. The van der Waals surface area contributed by atoms with E-state index in [1.807, 2.05) is 13.1 Å². The molecule has 0 unspecified atom stereocenters. The summed E-state index contributed by atoms with van der Waals surface area (Å²) in [4.78, 5) is 2.40. The van der Waals surface area contributed by atoms with E-state index in [-0.39, 0.29) is 0 Å². The van der Waals surface area contributed by atoms with E-state index in [9.17, 15) is 0 Å². The molecule has 0 spiro atoms. The summed E-state index contributed by atoms with van der Waals surface area (Å²) in [7, 11) is 1.91. The second-order valence-electron chi connectivity index (χ2n) is 4.78. The largest absolute Gasteiger partial charge is 0.377 e. The Bertz CT molecular complexity index is 495. The van der Waals surface area contributed by atoms with Gasteiger partial charge in [-0.2, -0.15) is 0 Å². The molecule has 1 aromatic heterocycles. The molecule has 0 aliphatic rings. The first-order chi connectivity index (χ1) is 9.20. The molecule has 0 amide bonds. The minimum absolute atomic E-state index is 0.464. The predicted molar refractivity (Wildman–Crippen MR) is 80.3 cm³/mol. The van der Waals surface area contributed by atoms with Gasteiger partial charge in [-0.05, 0) is 19.4 Å². The molecule has 19 heavy (non-hydrogen) atoms. The molecular formula is C14H20N4S. The molecule has 0 aliphatic carbocycles. The first-order valence-corrected chi connectivity index (χ1v) is 7.25. The Morgan fingerprint density at radius 2 is 1.95 bits per heavy atom. The van der Waals surface area contributed by atoms with Crippen molar-refractivity contribution in [1.29, 1.82) is 0 Å². The van der Waals surface area contributed by atoms with Gasteiger partial charge in [-0.15, -0.1) is 5.10 Å². The van der Waals surface area contributed by atoms with Crippen LogP contribution < -0.4 is 5.32 Å². The summed E-state index contributed by atoms with van der Waals surface area (Å²) in [5.74, 6) is 0. The predicted octanol–water partition coefficient (Wildman–Crippen LogP) is 2.99. The third-order valence-corrected chi connectivity index (χ3v) is 3.88. The molecule has 5 heteroatoms. The van der Waals surface area contributed by atoms with E-state index in [1.54, 1.807) is 0 Å². The fraction of sp³-hybridized carbons (Fsp3) is 0.429. The SMILES string of the molecule is CNc1snnc1CN(Cc1ccccc1)C(C)C. The molecule has 0 atom stereocenters. The van der Waals surface area contributed by atoms with Crippen LogP contribution in [0.1, 0.15) is 25.1 Å². The summed E-state index contributed by atoms with van der Waals surface area (Å²) in [6, 6.07) is 11.0. The molecule has 0 radical (unpaired) electrons. The zero-order valence-electron chi connectivity index (χ0n) is 11.6. The number of benzene rings is 1. The van der Waals surface area contributed by atoms with Crippen LogP contribution in [0.25, 0.3) is 0 Å². The van der Waals surface area contributed by atoms with Crippen molar-refractivity contribution in [3.63, 3.8) is 0 Å². The van der Waals surface area contributed by atoms with Gasteiger partial charge in [0.15, 0.2) is 0 Å². The number of anilines is 1. The maximum atomic E-state index is 4.22. The van der Waals surface area contributed by atoms with Crippen molar-refractivity contribution in [2.24, 2.45) is 0 Å². The maximum Gasteiger partial charge on any atom is 0.134 e. The number of aromatic nitrogens is 2. The van der Waals surface area contributed by atoms with E-state index in [2.05, 4.69) is 57.9 Å². The van der Waals surface area contributed by atoms with Crippen molar-refractivity contribution >= 4 is 16.5 Å². The van der Waals surface area contributed by atoms with E-state index in [0.29, 0.717) is 6.04 Å². The molecule has 1 aromatic carbocycles. The van der Waals surface area contributed by atoms with E-state index in [0.717, 1.165) is 23.8 Å². The van der Waals surface area contributed by atoms with Gasteiger partial charge in [0.2, 0.25) is 0 Å². The molecular weight excluding hydrogens is 256 g/mol. The zero-order valence-corrected chi connectivity index (χ0v) is 12.4. The summed E-state index contributed by atoms with van der Waals surface area (Å²) < 4.78 is 4.01. The number of hydrogen-bond donors (Lipinski definition) is 1. The van der Waals surface area contributed by atoms with E-state index < -0.39 is 0 Å². The van der Waals surface area contributed by atoms with Crippen LogP contribution in [0.5, 0.6) is 0 Å². The van der Waals surface area contributed by atoms with Gasteiger partial charge in [-0.1, -0.05) is 34.8 Å². The lowest BCUT2D eigenvalue weighted by Crippen LogP contribution is -2.30. The first-order valence-electron chi connectivity index (χ1n) is 6.47. The van der Waals surface area contributed by atoms with Crippen LogP contribution in [0.4, 0.5) is 5.00 Å². The fourth-order valence-electron chi connectivity index (χ4n) is 1.93. The lowest BCUT2D eigenvalue weighted by atomic mass is 10.2. The molecule has 1 heterocycles. The lowest BCUT2D eigenvalue weighted by Gasteiger charge is -2.25. The van der Waals surface area contributed by atoms with Crippen LogP contribution >= 0.6 is 11.5 Å².